The molecule has 5 nitrogen and oxygen atoms in total. The summed E-state index contributed by atoms with van der Waals surface area (Å²) in [5.74, 6) is -0.516. The largest absolute Gasteiger partial charge is 0.394 e. The Labute approximate surface area is 418 Å². The van der Waals surface area contributed by atoms with Gasteiger partial charge >= 0.3 is 0 Å². The topological polar surface area (TPSA) is 89.8 Å². The number of hydrogen-bond acceptors (Lipinski definition) is 4. The van der Waals surface area contributed by atoms with Gasteiger partial charge in [0.2, 0.25) is 5.91 Å². The number of aliphatic hydroxyl groups excluding tert-OH is 3. The van der Waals surface area contributed by atoms with E-state index in [9.17, 15) is 20.1 Å². The Bertz CT molecular complexity index is 1130. The molecule has 0 aliphatic carbocycles. The van der Waals surface area contributed by atoms with E-state index in [-0.39, 0.29) is 6.61 Å². The number of rotatable bonds is 54. The number of aliphatic hydroxyl groups is 3. The van der Waals surface area contributed by atoms with Crippen molar-refractivity contribution in [2.45, 2.75) is 321 Å². The highest BCUT2D eigenvalue weighted by Crippen LogP contribution is 2.17. The Kier molecular flexibility index (Phi) is 55.0. The maximum absolute atomic E-state index is 12.6. The predicted molar refractivity (Wildman–Crippen MR) is 296 cm³/mol. The van der Waals surface area contributed by atoms with Gasteiger partial charge in [-0.1, -0.05) is 286 Å². The Morgan fingerprint density at radius 2 is 0.657 bits per heavy atom. The van der Waals surface area contributed by atoms with Crippen LogP contribution in [0.15, 0.2) is 60.8 Å². The lowest BCUT2D eigenvalue weighted by Crippen LogP contribution is -2.48. The molecule has 0 bridgehead atoms. The van der Waals surface area contributed by atoms with Crippen LogP contribution in [0.3, 0.4) is 0 Å². The highest BCUT2D eigenvalue weighted by atomic mass is 16.3. The van der Waals surface area contributed by atoms with Crippen molar-refractivity contribution in [3.8, 4) is 0 Å². The third kappa shape index (κ3) is 51.7. The monoisotopic (exact) mass is 938 g/mol. The quantitative estimate of drug-likeness (QED) is 0.0361. The third-order valence-electron chi connectivity index (χ3n) is 13.6. The van der Waals surface area contributed by atoms with Crippen molar-refractivity contribution >= 4 is 5.91 Å². The van der Waals surface area contributed by atoms with Crippen LogP contribution in [0.4, 0.5) is 0 Å². The summed E-state index contributed by atoms with van der Waals surface area (Å²) in [6.07, 6.45) is 77.4. The molecule has 4 N–H and O–H groups in total. The van der Waals surface area contributed by atoms with E-state index in [2.05, 4.69) is 67.8 Å². The summed E-state index contributed by atoms with van der Waals surface area (Å²) < 4.78 is 0. The Morgan fingerprint density at radius 1 is 0.373 bits per heavy atom. The normalized spacial score (nSPS) is 13.7. The zero-order chi connectivity index (χ0) is 48.6. The van der Waals surface area contributed by atoms with Gasteiger partial charge < -0.3 is 20.6 Å². The lowest BCUT2D eigenvalue weighted by atomic mass is 10.0. The summed E-state index contributed by atoms with van der Waals surface area (Å²) in [4.78, 5) is 12.6. The van der Waals surface area contributed by atoms with Crippen LogP contribution in [0.25, 0.3) is 0 Å². The molecule has 0 heterocycles. The molecule has 0 fully saturated rings. The van der Waals surface area contributed by atoms with Crippen molar-refractivity contribution < 1.29 is 20.1 Å². The summed E-state index contributed by atoms with van der Waals surface area (Å²) in [6, 6.07) is -0.824. The molecule has 0 saturated heterocycles. The van der Waals surface area contributed by atoms with Crippen LogP contribution in [-0.2, 0) is 4.79 Å². The number of allylic oxidation sites excluding steroid dienone is 9. The first kappa shape index (κ1) is 65.0. The molecule has 0 saturated carbocycles. The standard InChI is InChI=1S/C62H115NO4/c1-3-5-7-9-11-13-15-17-19-21-23-25-27-28-29-30-31-32-33-35-37-39-41-43-45-47-49-51-53-55-57-61(66)62(67)63-59(58-64)60(65)56-54-52-50-48-46-44-42-40-38-36-34-26-24-22-20-18-16-14-12-10-8-6-4-2/h23,25,28-29,38,40,46,48,54,56,59-61,64-66H,3-22,24,26-27,30-37,39,41-45,47,49-53,55,57-58H2,1-2H3,(H,63,67)/b25-23-,29-28-,40-38+,48-46+,56-54+. The van der Waals surface area contributed by atoms with Gasteiger partial charge in [0.1, 0.15) is 6.10 Å². The second-order valence-corrected chi connectivity index (χ2v) is 20.2. The van der Waals surface area contributed by atoms with Crippen LogP contribution >= 0.6 is 0 Å². The van der Waals surface area contributed by atoms with Gasteiger partial charge in [0.05, 0.1) is 18.8 Å². The van der Waals surface area contributed by atoms with Gasteiger partial charge in [0.15, 0.2) is 0 Å². The molecular weight excluding hydrogens is 823 g/mol. The number of hydrogen-bond donors (Lipinski definition) is 4. The van der Waals surface area contributed by atoms with E-state index in [1.54, 1.807) is 6.08 Å². The van der Waals surface area contributed by atoms with E-state index in [0.29, 0.717) is 6.42 Å². The maximum Gasteiger partial charge on any atom is 0.249 e. The van der Waals surface area contributed by atoms with Gasteiger partial charge in [-0.3, -0.25) is 4.79 Å². The number of amides is 1. The molecule has 1 amide bonds. The molecule has 5 heteroatoms. The number of carbonyl (C=O) groups is 1. The molecule has 0 radical (unpaired) electrons. The van der Waals surface area contributed by atoms with Crippen molar-refractivity contribution in [1.82, 2.24) is 5.32 Å². The average molecular weight is 939 g/mol. The highest BCUT2D eigenvalue weighted by Gasteiger charge is 2.22. The first-order valence-electron chi connectivity index (χ1n) is 29.6. The first-order chi connectivity index (χ1) is 33.1. The van der Waals surface area contributed by atoms with Crippen molar-refractivity contribution in [3.05, 3.63) is 60.8 Å². The Hall–Kier alpha value is -1.95. The third-order valence-corrected chi connectivity index (χ3v) is 13.6. The van der Waals surface area contributed by atoms with Crippen molar-refractivity contribution in [3.63, 3.8) is 0 Å². The molecule has 3 atom stereocenters. The molecule has 0 aromatic rings. The Morgan fingerprint density at radius 3 is 1.00 bits per heavy atom. The summed E-state index contributed by atoms with van der Waals surface area (Å²) in [5.41, 5.74) is 0. The first-order valence-corrected chi connectivity index (χ1v) is 29.6. The second kappa shape index (κ2) is 56.6. The number of carbonyl (C=O) groups excluding carboxylic acids is 1. The minimum atomic E-state index is -1.11. The molecule has 0 rings (SSSR count). The molecule has 0 aromatic carbocycles. The van der Waals surface area contributed by atoms with Crippen LogP contribution in [0.1, 0.15) is 303 Å². The zero-order valence-corrected chi connectivity index (χ0v) is 44.8. The van der Waals surface area contributed by atoms with Crippen molar-refractivity contribution in [1.29, 1.82) is 0 Å². The predicted octanol–water partition coefficient (Wildman–Crippen LogP) is 18.6. The van der Waals surface area contributed by atoms with Crippen molar-refractivity contribution in [2.75, 3.05) is 6.61 Å². The van der Waals surface area contributed by atoms with E-state index in [0.717, 1.165) is 51.4 Å². The Balaban J connectivity index is 3.62. The fourth-order valence-electron chi connectivity index (χ4n) is 8.96. The molecule has 0 spiro atoms. The van der Waals surface area contributed by atoms with Gasteiger partial charge in [-0.05, 0) is 77.0 Å². The van der Waals surface area contributed by atoms with Crippen molar-refractivity contribution in [2.24, 2.45) is 0 Å². The van der Waals surface area contributed by atoms with Crippen LogP contribution in [0.2, 0.25) is 0 Å². The molecule has 0 aliphatic rings. The highest BCUT2D eigenvalue weighted by molar-refractivity contribution is 5.80. The van der Waals surface area contributed by atoms with Gasteiger partial charge in [-0.2, -0.15) is 0 Å². The van der Waals surface area contributed by atoms with E-state index in [1.165, 1.54) is 231 Å². The van der Waals surface area contributed by atoms with Gasteiger partial charge in [0.25, 0.3) is 0 Å². The summed E-state index contributed by atoms with van der Waals surface area (Å²) in [5, 5.41) is 33.4. The SMILES string of the molecule is CCCCCCCCCCC/C=C\C/C=C\CCCCCCCCCCCCCCCCC(O)C(=O)NC(CO)C(O)/C=C/CC/C=C/CC/C=C/CCCCCCCCCCCCCCC. The van der Waals surface area contributed by atoms with E-state index in [1.807, 2.05) is 6.08 Å². The van der Waals surface area contributed by atoms with Gasteiger partial charge in [-0.25, -0.2) is 0 Å². The van der Waals surface area contributed by atoms with Gasteiger partial charge in [0, 0.05) is 0 Å². The lowest BCUT2D eigenvalue weighted by molar-refractivity contribution is -0.131. The fourth-order valence-corrected chi connectivity index (χ4v) is 8.96. The number of nitrogens with one attached hydrogen (secondary N) is 1. The van der Waals surface area contributed by atoms with E-state index in [4.69, 9.17) is 0 Å². The van der Waals surface area contributed by atoms with E-state index < -0.39 is 24.2 Å². The lowest BCUT2D eigenvalue weighted by Gasteiger charge is -2.21. The van der Waals surface area contributed by atoms with Crippen LogP contribution < -0.4 is 5.32 Å². The molecular formula is C62H115NO4. The van der Waals surface area contributed by atoms with Gasteiger partial charge in [-0.15, -0.1) is 0 Å². The van der Waals surface area contributed by atoms with E-state index >= 15 is 0 Å². The second-order valence-electron chi connectivity index (χ2n) is 20.2. The zero-order valence-electron chi connectivity index (χ0n) is 44.8. The summed E-state index contributed by atoms with van der Waals surface area (Å²) >= 11 is 0. The molecule has 392 valence electrons. The smallest absolute Gasteiger partial charge is 0.249 e. The number of unbranched alkanes of at least 4 members (excludes halogenated alkanes) is 38. The molecule has 3 unspecified atom stereocenters. The van der Waals surface area contributed by atoms with Crippen LogP contribution in [0.5, 0.6) is 0 Å². The van der Waals surface area contributed by atoms with Crippen LogP contribution in [0, 0.1) is 0 Å². The molecule has 0 aliphatic heterocycles. The average Bonchev–Trinajstić information content (AvgIpc) is 3.33. The van der Waals surface area contributed by atoms with Crippen LogP contribution in [-0.4, -0.2) is 46.1 Å². The summed E-state index contributed by atoms with van der Waals surface area (Å²) in [7, 11) is 0. The maximum atomic E-state index is 12.6. The molecule has 0 aromatic heterocycles. The minimum absolute atomic E-state index is 0.382. The summed E-state index contributed by atoms with van der Waals surface area (Å²) in [6.45, 7) is 4.19. The molecule has 67 heavy (non-hydrogen) atoms. The minimum Gasteiger partial charge on any atom is -0.394 e. The fraction of sp³-hybridized carbons (Fsp3) is 0.823.